The van der Waals surface area contributed by atoms with Crippen molar-refractivity contribution in [3.05, 3.63) is 35.4 Å². The van der Waals surface area contributed by atoms with Crippen molar-refractivity contribution in [2.45, 2.75) is 25.0 Å². The fourth-order valence-corrected chi connectivity index (χ4v) is 3.85. The van der Waals surface area contributed by atoms with Crippen LogP contribution in [0.3, 0.4) is 0 Å². The molecule has 2 N–H and O–H groups in total. The van der Waals surface area contributed by atoms with E-state index in [1.54, 1.807) is 0 Å². The van der Waals surface area contributed by atoms with Crippen molar-refractivity contribution in [2.75, 3.05) is 11.6 Å². The molecule has 6 heteroatoms. The van der Waals surface area contributed by atoms with Crippen molar-refractivity contribution in [3.8, 4) is 0 Å². The minimum Gasteiger partial charge on any atom is -0.480 e. The van der Waals surface area contributed by atoms with E-state index in [0.29, 0.717) is 24.6 Å². The first-order chi connectivity index (χ1) is 9.66. The largest absolute Gasteiger partial charge is 0.480 e. The number of hydrogen-bond acceptors (Lipinski definition) is 4. The van der Waals surface area contributed by atoms with Crippen LogP contribution in [0.25, 0.3) is 0 Å². The zero-order valence-corrected chi connectivity index (χ0v) is 11.7. The zero-order chi connectivity index (χ0) is 14.1. The highest BCUT2D eigenvalue weighted by molar-refractivity contribution is 7.99. The standard InChI is InChI=1S/C14H16N2O3S/c17-13(16-8-20-7-12(16)14(18)19)11-5-9-3-1-2-4-10(9)6-15-11/h1-4,11-12,15H,5-8H2,(H,18,19)/t11-,12?/m0/s1. The van der Waals surface area contributed by atoms with Gasteiger partial charge in [-0.05, 0) is 17.5 Å². The Kier molecular flexibility index (Phi) is 3.67. The molecule has 20 heavy (non-hydrogen) atoms. The molecule has 1 aromatic rings. The summed E-state index contributed by atoms with van der Waals surface area (Å²) in [5, 5.41) is 12.4. The van der Waals surface area contributed by atoms with E-state index in [1.807, 2.05) is 18.2 Å². The molecule has 0 aromatic heterocycles. The molecule has 1 unspecified atom stereocenters. The van der Waals surface area contributed by atoms with Crippen LogP contribution >= 0.6 is 11.8 Å². The lowest BCUT2D eigenvalue weighted by atomic mass is 9.95. The first-order valence-electron chi connectivity index (χ1n) is 6.58. The molecule has 0 radical (unpaired) electrons. The van der Waals surface area contributed by atoms with E-state index >= 15 is 0 Å². The SMILES string of the molecule is O=C(O)C1CSCN1C(=O)[C@@H]1Cc2ccccc2CN1. The molecule has 1 saturated heterocycles. The summed E-state index contributed by atoms with van der Waals surface area (Å²) in [4.78, 5) is 25.2. The fraction of sp³-hybridized carbons (Fsp3) is 0.429. The molecule has 106 valence electrons. The third kappa shape index (κ3) is 2.41. The molecule has 0 saturated carbocycles. The number of amides is 1. The van der Waals surface area contributed by atoms with E-state index in [9.17, 15) is 9.59 Å². The Hall–Kier alpha value is -1.53. The van der Waals surface area contributed by atoms with Gasteiger partial charge in [0.2, 0.25) is 5.91 Å². The Balaban J connectivity index is 1.74. The van der Waals surface area contributed by atoms with Gasteiger partial charge >= 0.3 is 5.97 Å². The number of carboxylic acids is 1. The second kappa shape index (κ2) is 5.46. The Morgan fingerprint density at radius 3 is 2.80 bits per heavy atom. The van der Waals surface area contributed by atoms with E-state index < -0.39 is 12.0 Å². The van der Waals surface area contributed by atoms with Gasteiger partial charge in [-0.25, -0.2) is 4.79 Å². The maximum Gasteiger partial charge on any atom is 0.327 e. The van der Waals surface area contributed by atoms with Gasteiger partial charge in [0.05, 0.1) is 11.9 Å². The highest BCUT2D eigenvalue weighted by Gasteiger charge is 2.38. The van der Waals surface area contributed by atoms with E-state index in [0.717, 1.165) is 0 Å². The van der Waals surface area contributed by atoms with Crippen LogP contribution in [0.2, 0.25) is 0 Å². The predicted octanol–water partition coefficient (Wildman–Crippen LogP) is 0.687. The second-order valence-electron chi connectivity index (χ2n) is 5.07. The highest BCUT2D eigenvalue weighted by Crippen LogP contribution is 2.24. The zero-order valence-electron chi connectivity index (χ0n) is 10.9. The molecule has 2 aliphatic rings. The lowest BCUT2D eigenvalue weighted by molar-refractivity contribution is -0.148. The lowest BCUT2D eigenvalue weighted by Crippen LogP contribution is -2.52. The minimum atomic E-state index is -0.917. The Morgan fingerprint density at radius 1 is 1.30 bits per heavy atom. The third-order valence-corrected chi connectivity index (χ3v) is 4.84. The number of nitrogens with one attached hydrogen (secondary N) is 1. The number of hydrogen-bond donors (Lipinski definition) is 2. The molecule has 3 rings (SSSR count). The first kappa shape index (κ1) is 13.5. The second-order valence-corrected chi connectivity index (χ2v) is 6.07. The number of fused-ring (bicyclic) bond motifs is 1. The van der Waals surface area contributed by atoms with Crippen LogP contribution in [0.1, 0.15) is 11.1 Å². The van der Waals surface area contributed by atoms with Crippen molar-refractivity contribution in [1.29, 1.82) is 0 Å². The van der Waals surface area contributed by atoms with Crippen molar-refractivity contribution in [1.82, 2.24) is 10.2 Å². The number of rotatable bonds is 2. The Morgan fingerprint density at radius 2 is 2.05 bits per heavy atom. The van der Waals surface area contributed by atoms with Crippen LogP contribution in [0.4, 0.5) is 0 Å². The summed E-state index contributed by atoms with van der Waals surface area (Å²) in [7, 11) is 0. The summed E-state index contributed by atoms with van der Waals surface area (Å²) in [5.74, 6) is -0.0727. The van der Waals surface area contributed by atoms with Gasteiger partial charge in [-0.15, -0.1) is 11.8 Å². The number of carbonyl (C=O) groups excluding carboxylic acids is 1. The van der Waals surface area contributed by atoms with E-state index in [4.69, 9.17) is 5.11 Å². The van der Waals surface area contributed by atoms with Crippen molar-refractivity contribution >= 4 is 23.6 Å². The smallest absolute Gasteiger partial charge is 0.327 e. The lowest BCUT2D eigenvalue weighted by Gasteiger charge is -2.30. The summed E-state index contributed by atoms with van der Waals surface area (Å²) in [5.41, 5.74) is 2.38. The summed E-state index contributed by atoms with van der Waals surface area (Å²) < 4.78 is 0. The quantitative estimate of drug-likeness (QED) is 0.839. The third-order valence-electron chi connectivity index (χ3n) is 3.83. The number of aliphatic carboxylic acids is 1. The van der Waals surface area contributed by atoms with Crippen molar-refractivity contribution < 1.29 is 14.7 Å². The van der Waals surface area contributed by atoms with Gasteiger partial charge in [-0.1, -0.05) is 24.3 Å². The highest BCUT2D eigenvalue weighted by atomic mass is 32.2. The van der Waals surface area contributed by atoms with Crippen LogP contribution in [-0.2, 0) is 22.6 Å². The molecule has 1 aromatic carbocycles. The maximum absolute atomic E-state index is 12.5. The average Bonchev–Trinajstić information content (AvgIpc) is 2.95. The van der Waals surface area contributed by atoms with Crippen LogP contribution < -0.4 is 5.32 Å². The number of nitrogens with zero attached hydrogens (tertiary/aromatic N) is 1. The van der Waals surface area contributed by atoms with Crippen LogP contribution in [0.5, 0.6) is 0 Å². The minimum absolute atomic E-state index is 0.100. The maximum atomic E-state index is 12.5. The molecular formula is C14H16N2O3S. The summed E-state index contributed by atoms with van der Waals surface area (Å²) in [6.45, 7) is 0.658. The Labute approximate surface area is 121 Å². The van der Waals surface area contributed by atoms with Gasteiger partial charge in [-0.2, -0.15) is 0 Å². The molecule has 2 heterocycles. The van der Waals surface area contributed by atoms with Gasteiger partial charge in [0.1, 0.15) is 6.04 Å². The fourth-order valence-electron chi connectivity index (χ4n) is 2.69. The molecule has 1 amide bonds. The number of carbonyl (C=O) groups is 2. The molecule has 2 aliphatic heterocycles. The van der Waals surface area contributed by atoms with Gasteiger partial charge in [0.25, 0.3) is 0 Å². The van der Waals surface area contributed by atoms with Crippen LogP contribution in [-0.4, -0.2) is 45.6 Å². The van der Waals surface area contributed by atoms with E-state index in [1.165, 1.54) is 27.8 Å². The van der Waals surface area contributed by atoms with E-state index in [-0.39, 0.29) is 11.9 Å². The monoisotopic (exact) mass is 292 g/mol. The summed E-state index contributed by atoms with van der Waals surface area (Å²) >= 11 is 1.49. The number of benzene rings is 1. The van der Waals surface area contributed by atoms with Gasteiger partial charge in [0.15, 0.2) is 0 Å². The van der Waals surface area contributed by atoms with Crippen molar-refractivity contribution in [3.63, 3.8) is 0 Å². The molecule has 1 fully saturated rings. The molecular weight excluding hydrogens is 276 g/mol. The summed E-state index contributed by atoms with van der Waals surface area (Å²) in [6, 6.07) is 7.04. The van der Waals surface area contributed by atoms with E-state index in [2.05, 4.69) is 11.4 Å². The topological polar surface area (TPSA) is 69.6 Å². The molecule has 5 nitrogen and oxygen atoms in total. The summed E-state index contributed by atoms with van der Waals surface area (Å²) in [6.07, 6.45) is 0.627. The molecule has 0 aliphatic carbocycles. The van der Waals surface area contributed by atoms with Crippen LogP contribution in [0.15, 0.2) is 24.3 Å². The van der Waals surface area contributed by atoms with Gasteiger partial charge in [0, 0.05) is 12.3 Å². The average molecular weight is 292 g/mol. The molecule has 2 atom stereocenters. The van der Waals surface area contributed by atoms with Gasteiger partial charge < -0.3 is 15.3 Å². The Bertz CT molecular complexity index is 549. The molecule has 0 spiro atoms. The number of carboxylic acid groups (broad SMARTS) is 1. The predicted molar refractivity (Wildman–Crippen MR) is 76.4 cm³/mol. The van der Waals surface area contributed by atoms with Crippen molar-refractivity contribution in [2.24, 2.45) is 0 Å². The molecule has 0 bridgehead atoms. The van der Waals surface area contributed by atoms with Crippen LogP contribution in [0, 0.1) is 0 Å². The first-order valence-corrected chi connectivity index (χ1v) is 7.73. The number of thioether (sulfide) groups is 1. The van der Waals surface area contributed by atoms with Gasteiger partial charge in [-0.3, -0.25) is 4.79 Å². The normalized spacial score (nSPS) is 25.3.